The second kappa shape index (κ2) is 32.7. The van der Waals surface area contributed by atoms with Gasteiger partial charge in [0.2, 0.25) is 0 Å². The molecule has 0 atom stereocenters. The molecule has 8 nitrogen and oxygen atoms in total. The topological polar surface area (TPSA) is 92.6 Å². The van der Waals surface area contributed by atoms with Gasteiger partial charge in [0.05, 0.1) is 25.2 Å². The zero-order valence-corrected chi connectivity index (χ0v) is 35.2. The molecule has 2 fully saturated rings. The summed E-state index contributed by atoms with van der Waals surface area (Å²) in [5.41, 5.74) is 0. The summed E-state index contributed by atoms with van der Waals surface area (Å²) in [5, 5.41) is 3.89. The van der Waals surface area contributed by atoms with E-state index in [1.54, 1.807) is 6.92 Å². The molecular formula is C25H48ClI4N4O4V. The number of aliphatic imine (C=N–C) groups is 2. The van der Waals surface area contributed by atoms with Gasteiger partial charge in [-0.1, -0.05) is 34.2 Å². The Labute approximate surface area is 294 Å². The molecule has 2 aliphatic rings. The summed E-state index contributed by atoms with van der Waals surface area (Å²) >= 11 is 14.9. The van der Waals surface area contributed by atoms with Crippen molar-refractivity contribution in [3.05, 3.63) is 0 Å². The van der Waals surface area contributed by atoms with E-state index in [0.717, 1.165) is 70.8 Å². The first kappa shape index (κ1) is 45.3. The quantitative estimate of drug-likeness (QED) is 0.0969. The first-order valence-corrected chi connectivity index (χ1v) is 29.0. The van der Waals surface area contributed by atoms with Crippen LogP contribution in [0.4, 0.5) is 0 Å². The van der Waals surface area contributed by atoms with Crippen LogP contribution in [0.1, 0.15) is 66.2 Å². The van der Waals surface area contributed by atoms with Gasteiger partial charge < -0.3 is 19.7 Å². The van der Waals surface area contributed by atoms with Gasteiger partial charge in [-0.3, -0.25) is 19.6 Å². The molecule has 2 heterocycles. The van der Waals surface area contributed by atoms with E-state index in [9.17, 15) is 9.59 Å². The number of carbonyl (C=O) groups is 2. The number of esters is 2. The van der Waals surface area contributed by atoms with Crippen molar-refractivity contribution in [1.29, 1.82) is 0 Å². The number of amidine groups is 1. The van der Waals surface area contributed by atoms with Crippen molar-refractivity contribution in [3.8, 4) is 0 Å². The van der Waals surface area contributed by atoms with E-state index in [0.29, 0.717) is 29.8 Å². The molecule has 0 unspecified atom stereocenters. The average Bonchev–Trinajstić information content (AvgIpc) is 2.91. The monoisotopic (exact) mass is 1060 g/mol. The van der Waals surface area contributed by atoms with Crippen LogP contribution in [0.2, 0.25) is 0 Å². The molecule has 39 heavy (non-hydrogen) atoms. The van der Waals surface area contributed by atoms with Gasteiger partial charge in [-0.2, -0.15) is 0 Å². The minimum atomic E-state index is -0.278. The summed E-state index contributed by atoms with van der Waals surface area (Å²) in [4.78, 5) is 34.2. The number of alkyl halides is 1. The first-order chi connectivity index (χ1) is 18.5. The van der Waals surface area contributed by atoms with Gasteiger partial charge in [0.1, 0.15) is 0 Å². The Morgan fingerprint density at radius 2 is 1.26 bits per heavy atom. The van der Waals surface area contributed by atoms with Crippen LogP contribution in [0, 0.1) is 11.8 Å². The Balaban J connectivity index is -0.000000487. The van der Waals surface area contributed by atoms with Crippen LogP contribution in [0.5, 0.6) is 0 Å². The molecule has 0 aliphatic carbocycles. The maximum atomic E-state index is 11.1. The van der Waals surface area contributed by atoms with Gasteiger partial charge in [-0.15, -0.1) is 0 Å². The summed E-state index contributed by atoms with van der Waals surface area (Å²) in [6.07, 6.45) is 5.49. The van der Waals surface area contributed by atoms with E-state index < -0.39 is 0 Å². The number of piperidine rings is 2. The van der Waals surface area contributed by atoms with E-state index in [2.05, 4.69) is 119 Å². The van der Waals surface area contributed by atoms with Crippen LogP contribution in [0.3, 0.4) is 0 Å². The normalized spacial score (nSPS) is 16.2. The van der Waals surface area contributed by atoms with Crippen molar-refractivity contribution in [2.45, 2.75) is 66.2 Å². The second-order valence-electron chi connectivity index (χ2n) is 8.37. The summed E-state index contributed by atoms with van der Waals surface area (Å²) in [7, 11) is 2.90. The standard InChI is InChI=1S/C12H22N2O2.C8H15NO2.C4H8ClN.CH3I.3HI.V/c1-4-13-10(2)14-7-5-11(6-8-14)9-12(15)16-3;1-11-8(10)6-7-2-4-9-5-3-7;1-3-6-4(2)5;1-2;;;;/h11H,4-9H2,1-3H3;7,9H,2-6H2,1H3;3H2,1-2H3;1H3;3*1H;/q;;;;;;;+3/p-3. The van der Waals surface area contributed by atoms with Gasteiger partial charge in [0, 0.05) is 39.0 Å². The minimum absolute atomic E-state index is 0.0723. The van der Waals surface area contributed by atoms with Crippen molar-refractivity contribution in [1.82, 2.24) is 10.2 Å². The van der Waals surface area contributed by atoms with Crippen LogP contribution in [-0.2, 0) is 24.0 Å². The number of hydrogen-bond donors (Lipinski definition) is 1. The molecule has 0 saturated carbocycles. The van der Waals surface area contributed by atoms with E-state index in [1.807, 2.05) is 18.8 Å². The van der Waals surface area contributed by atoms with Gasteiger partial charge in [0.15, 0.2) is 0 Å². The molecule has 2 saturated heterocycles. The fourth-order valence-electron chi connectivity index (χ4n) is 3.73. The zero-order chi connectivity index (χ0) is 30.6. The average molecular weight is 1060 g/mol. The molecule has 0 aromatic carbocycles. The van der Waals surface area contributed by atoms with Crippen molar-refractivity contribution >= 4 is 117 Å². The van der Waals surface area contributed by atoms with E-state index in [1.165, 1.54) is 14.2 Å². The third-order valence-corrected chi connectivity index (χ3v) is 5.78. The molecule has 1 N–H and O–H groups in total. The predicted octanol–water partition coefficient (Wildman–Crippen LogP) is 7.62. The molecule has 0 aromatic heterocycles. The predicted molar refractivity (Wildman–Crippen MR) is 198 cm³/mol. The van der Waals surface area contributed by atoms with Gasteiger partial charge in [0.25, 0.3) is 0 Å². The second-order valence-corrected chi connectivity index (χ2v) is 44.3. The van der Waals surface area contributed by atoms with Crippen LogP contribution in [-0.4, -0.2) is 86.3 Å². The van der Waals surface area contributed by atoms with Crippen LogP contribution in [0.25, 0.3) is 0 Å². The molecule has 2 aliphatic heterocycles. The van der Waals surface area contributed by atoms with Crippen LogP contribution < -0.4 is 5.32 Å². The Hall–Kier alpha value is 1.83. The molecule has 0 spiro atoms. The Morgan fingerprint density at radius 1 is 0.872 bits per heavy atom. The third kappa shape index (κ3) is 32.6. The van der Waals surface area contributed by atoms with Gasteiger partial charge >= 0.3 is 76.8 Å². The Morgan fingerprint density at radius 3 is 1.56 bits per heavy atom. The molecule has 0 bridgehead atoms. The molecule has 2 rings (SSSR count). The zero-order valence-electron chi connectivity index (χ0n) is 24.5. The molecular weight excluding hydrogens is 1010 g/mol. The first-order valence-electron chi connectivity index (χ1n) is 12.9. The van der Waals surface area contributed by atoms with Gasteiger partial charge in [-0.25, -0.2) is 0 Å². The Bertz CT molecular complexity index is 659. The third-order valence-electron chi connectivity index (χ3n) is 5.66. The van der Waals surface area contributed by atoms with Crippen LogP contribution >= 0.6 is 94.1 Å². The SMILES string of the molecule is CCN=C(C)Cl.CCN=C(C)N1CCC(CC(=O)OC)CC1.CI.COC(=O)CC1CCNCC1.[I][V]([I])[I]. The summed E-state index contributed by atoms with van der Waals surface area (Å²) < 4.78 is 9.28. The van der Waals surface area contributed by atoms with E-state index in [-0.39, 0.29) is 16.9 Å². The number of hydrogen-bond acceptors (Lipinski definition) is 7. The van der Waals surface area contributed by atoms with Crippen molar-refractivity contribution in [3.63, 3.8) is 0 Å². The summed E-state index contributed by atoms with van der Waals surface area (Å²) in [6.45, 7) is 13.6. The van der Waals surface area contributed by atoms with Crippen molar-refractivity contribution < 1.29 is 24.0 Å². The number of carbonyl (C=O) groups excluding carboxylic acids is 2. The number of nitrogens with one attached hydrogen (secondary N) is 1. The number of likely N-dealkylation sites (tertiary alicyclic amines) is 1. The molecule has 14 heteroatoms. The Kier molecular flexibility index (Phi) is 38.0. The maximum absolute atomic E-state index is 11.1. The van der Waals surface area contributed by atoms with Crippen molar-refractivity contribution in [2.24, 2.45) is 21.8 Å². The molecule has 0 amide bonds. The summed E-state index contributed by atoms with van der Waals surface area (Å²) in [6, 6.07) is 0. The number of rotatable bonds is 6. The fraction of sp³-hybridized carbons (Fsp3) is 0.840. The molecule has 0 aromatic rings. The van der Waals surface area contributed by atoms with Gasteiger partial charge in [-0.05, 0) is 83.2 Å². The number of ether oxygens (including phenoxy) is 2. The molecule has 0 radical (unpaired) electrons. The van der Waals surface area contributed by atoms with Crippen LogP contribution in [0.15, 0.2) is 9.98 Å². The number of halogens is 5. The van der Waals surface area contributed by atoms with Crippen molar-refractivity contribution in [2.75, 3.05) is 58.4 Å². The van der Waals surface area contributed by atoms with E-state index >= 15 is 0 Å². The molecule has 232 valence electrons. The number of methoxy groups -OCH3 is 2. The summed E-state index contributed by atoms with van der Waals surface area (Å²) in [5.74, 6) is 2.00. The number of nitrogens with zero attached hydrogens (tertiary/aromatic N) is 3. The van der Waals surface area contributed by atoms with E-state index in [4.69, 9.17) is 11.6 Å². The fourth-order valence-corrected chi connectivity index (χ4v) is 3.85.